The Hall–Kier alpha value is -2.56. The molecule has 0 spiro atoms. The molecule has 0 radical (unpaired) electrons. The van der Waals surface area contributed by atoms with Gasteiger partial charge in [0.1, 0.15) is 7.05 Å². The van der Waals surface area contributed by atoms with E-state index in [-0.39, 0.29) is 5.91 Å². The van der Waals surface area contributed by atoms with Crippen LogP contribution in [0.3, 0.4) is 0 Å². The average Bonchev–Trinajstić information content (AvgIpc) is 2.92. The van der Waals surface area contributed by atoms with Crippen LogP contribution in [-0.2, 0) is 24.9 Å². The monoisotopic (exact) mass is 525 g/mol. The van der Waals surface area contributed by atoms with Crippen molar-refractivity contribution in [3.05, 3.63) is 53.9 Å². The van der Waals surface area contributed by atoms with Gasteiger partial charge >= 0.3 is 0 Å². The molecule has 1 heterocycles. The summed E-state index contributed by atoms with van der Waals surface area (Å²) in [7, 11) is 3.66. The second-order valence-corrected chi connectivity index (χ2v) is 10.7. The van der Waals surface area contributed by atoms with Crippen LogP contribution < -0.4 is 14.0 Å². The van der Waals surface area contributed by atoms with E-state index in [1.54, 1.807) is 14.0 Å². The Morgan fingerprint density at radius 3 is 1.79 bits per heavy atom. The second kappa shape index (κ2) is 19.5. The molecule has 0 bridgehead atoms. The minimum atomic E-state index is 0.0512. The lowest BCUT2D eigenvalue weighted by Crippen LogP contribution is -2.29. The fourth-order valence-electron chi connectivity index (χ4n) is 4.76. The van der Waals surface area contributed by atoms with Crippen LogP contribution in [0, 0.1) is 0 Å². The van der Waals surface area contributed by atoms with E-state index in [9.17, 15) is 4.79 Å². The van der Waals surface area contributed by atoms with Crippen molar-refractivity contribution in [2.75, 3.05) is 13.7 Å². The number of ether oxygens (including phenoxy) is 2. The van der Waals surface area contributed by atoms with E-state index in [1.165, 1.54) is 83.5 Å². The molecule has 0 atom stereocenters. The van der Waals surface area contributed by atoms with Gasteiger partial charge in [-0.05, 0) is 29.7 Å². The minimum Gasteiger partial charge on any atom is -0.493 e. The highest BCUT2D eigenvalue weighted by Crippen LogP contribution is 2.29. The predicted molar refractivity (Wildman–Crippen MR) is 156 cm³/mol. The molecular formula is C33H53N2O3+. The number of hydrogen-bond donors (Lipinski definition) is 0. The fourth-order valence-corrected chi connectivity index (χ4v) is 4.76. The summed E-state index contributed by atoms with van der Waals surface area (Å²) in [5.74, 6) is 1.55. The van der Waals surface area contributed by atoms with Gasteiger partial charge in [0.05, 0.1) is 13.7 Å². The third-order valence-electron chi connectivity index (χ3n) is 7.22. The summed E-state index contributed by atoms with van der Waals surface area (Å²) in [5.41, 5.74) is 2.14. The van der Waals surface area contributed by atoms with Crippen molar-refractivity contribution < 1.29 is 18.8 Å². The average molecular weight is 526 g/mol. The molecule has 1 aromatic heterocycles. The number of carbonyl (C=O) groups excluding carboxylic acids is 1. The molecule has 38 heavy (non-hydrogen) atoms. The van der Waals surface area contributed by atoms with E-state index in [4.69, 9.17) is 9.47 Å². The summed E-state index contributed by atoms with van der Waals surface area (Å²) in [6.07, 6.45) is 22.9. The summed E-state index contributed by atoms with van der Waals surface area (Å²) >= 11 is 0. The Bertz CT molecular complexity index is 898. The first kappa shape index (κ1) is 31.7. The molecule has 1 aromatic carbocycles. The number of unbranched alkanes of at least 4 members (excludes halogenated alkanes) is 13. The molecule has 1 amide bonds. The number of aryl methyl sites for hydroxylation is 1. The zero-order chi connectivity index (χ0) is 27.4. The summed E-state index contributed by atoms with van der Waals surface area (Å²) in [6, 6.07) is 10.1. The Balaban J connectivity index is 1.62. The first-order valence-electron chi connectivity index (χ1n) is 15.0. The number of amides is 1. The number of nitrogens with zero attached hydrogens (tertiary/aromatic N) is 2. The maximum absolute atomic E-state index is 12.3. The molecule has 5 heteroatoms. The fraction of sp³-hybridized carbons (Fsp3) is 0.636. The largest absolute Gasteiger partial charge is 0.493 e. The molecule has 2 rings (SSSR count). The van der Waals surface area contributed by atoms with Crippen molar-refractivity contribution in [2.45, 2.75) is 117 Å². The van der Waals surface area contributed by atoms with Crippen LogP contribution in [0.25, 0.3) is 0 Å². The maximum atomic E-state index is 12.3. The molecule has 0 fully saturated rings. The van der Waals surface area contributed by atoms with E-state index in [1.807, 2.05) is 59.2 Å². The number of hydrogen-bond acceptors (Lipinski definition) is 3. The van der Waals surface area contributed by atoms with Gasteiger partial charge < -0.3 is 14.4 Å². The number of benzene rings is 1. The van der Waals surface area contributed by atoms with E-state index in [0.717, 1.165) is 29.0 Å². The lowest BCUT2D eigenvalue weighted by molar-refractivity contribution is -0.671. The van der Waals surface area contributed by atoms with Crippen LogP contribution in [0.15, 0.2) is 42.7 Å². The van der Waals surface area contributed by atoms with Crippen LogP contribution >= 0.6 is 0 Å². The molecule has 0 aliphatic rings. The molecular weight excluding hydrogens is 472 g/mol. The molecule has 0 aliphatic carbocycles. The van der Waals surface area contributed by atoms with Gasteiger partial charge in [-0.2, -0.15) is 0 Å². The van der Waals surface area contributed by atoms with Crippen molar-refractivity contribution in [1.82, 2.24) is 4.90 Å². The van der Waals surface area contributed by atoms with Crippen LogP contribution in [0.5, 0.6) is 11.5 Å². The first-order valence-corrected chi connectivity index (χ1v) is 15.0. The molecule has 0 saturated carbocycles. The van der Waals surface area contributed by atoms with E-state index >= 15 is 0 Å². The highest BCUT2D eigenvalue weighted by molar-refractivity contribution is 5.73. The van der Waals surface area contributed by atoms with Gasteiger partial charge in [-0.15, -0.1) is 0 Å². The number of pyridine rings is 1. The Morgan fingerprint density at radius 1 is 0.737 bits per heavy atom. The highest BCUT2D eigenvalue weighted by Gasteiger charge is 2.13. The quantitative estimate of drug-likeness (QED) is 0.123. The standard InChI is InChI=1S/C33H53N2O3/c1-5-6-7-8-9-10-11-12-13-14-15-16-17-18-25-38-32-20-19-31(26-33(32)37-4)28-35(29(2)36)27-30-21-23-34(3)24-22-30/h19-24,26H,5-18,25,27-28H2,1-4H3/q+1. The van der Waals surface area contributed by atoms with E-state index in [2.05, 4.69) is 6.92 Å². The van der Waals surface area contributed by atoms with Gasteiger partial charge in [-0.3, -0.25) is 4.79 Å². The van der Waals surface area contributed by atoms with Gasteiger partial charge in [0.25, 0.3) is 0 Å². The van der Waals surface area contributed by atoms with Crippen molar-refractivity contribution >= 4 is 5.91 Å². The normalized spacial score (nSPS) is 10.9. The number of methoxy groups -OCH3 is 1. The molecule has 212 valence electrons. The third kappa shape index (κ3) is 13.3. The number of aromatic nitrogens is 1. The molecule has 0 N–H and O–H groups in total. The summed E-state index contributed by atoms with van der Waals surface area (Å²) < 4.78 is 13.6. The van der Waals surface area contributed by atoms with Gasteiger partial charge in [0.15, 0.2) is 23.9 Å². The zero-order valence-corrected chi connectivity index (χ0v) is 24.7. The Labute approximate surface area is 232 Å². The third-order valence-corrected chi connectivity index (χ3v) is 7.22. The Kier molecular flexibility index (Phi) is 16.2. The highest BCUT2D eigenvalue weighted by atomic mass is 16.5. The van der Waals surface area contributed by atoms with Crippen molar-refractivity contribution in [3.63, 3.8) is 0 Å². The molecule has 0 aliphatic heterocycles. The molecule has 0 unspecified atom stereocenters. The van der Waals surface area contributed by atoms with Crippen molar-refractivity contribution in [3.8, 4) is 11.5 Å². The maximum Gasteiger partial charge on any atom is 0.220 e. The van der Waals surface area contributed by atoms with Crippen LogP contribution in [0.1, 0.15) is 115 Å². The lowest BCUT2D eigenvalue weighted by atomic mass is 10.0. The molecule has 5 nitrogen and oxygen atoms in total. The first-order chi connectivity index (χ1) is 18.5. The van der Waals surface area contributed by atoms with Gasteiger partial charge in [-0.25, -0.2) is 4.57 Å². The smallest absolute Gasteiger partial charge is 0.220 e. The van der Waals surface area contributed by atoms with Gasteiger partial charge in [0, 0.05) is 32.1 Å². The van der Waals surface area contributed by atoms with Crippen LogP contribution in [0.4, 0.5) is 0 Å². The summed E-state index contributed by atoms with van der Waals surface area (Å²) in [4.78, 5) is 14.1. The predicted octanol–water partition coefficient (Wildman–Crippen LogP) is 7.93. The van der Waals surface area contributed by atoms with Crippen molar-refractivity contribution in [1.29, 1.82) is 0 Å². The minimum absolute atomic E-state index is 0.0512. The van der Waals surface area contributed by atoms with E-state index in [0.29, 0.717) is 19.7 Å². The lowest BCUT2D eigenvalue weighted by Gasteiger charge is -2.22. The molecule has 0 saturated heterocycles. The van der Waals surface area contributed by atoms with Crippen molar-refractivity contribution in [2.24, 2.45) is 7.05 Å². The topological polar surface area (TPSA) is 42.7 Å². The number of rotatable bonds is 21. The summed E-state index contributed by atoms with van der Waals surface area (Å²) in [6.45, 7) is 5.72. The molecule has 2 aromatic rings. The Morgan fingerprint density at radius 2 is 1.26 bits per heavy atom. The SMILES string of the molecule is CCCCCCCCCCCCCCCCOc1ccc(CN(Cc2cc[n+](C)cc2)C(C)=O)cc1OC. The van der Waals surface area contributed by atoms with Crippen LogP contribution in [-0.4, -0.2) is 24.5 Å². The van der Waals surface area contributed by atoms with Gasteiger partial charge in [-0.1, -0.05) is 96.5 Å². The number of carbonyl (C=O) groups is 1. The summed E-state index contributed by atoms with van der Waals surface area (Å²) in [5, 5.41) is 0. The van der Waals surface area contributed by atoms with Crippen LogP contribution in [0.2, 0.25) is 0 Å². The second-order valence-electron chi connectivity index (χ2n) is 10.7. The van der Waals surface area contributed by atoms with Gasteiger partial charge in [0.2, 0.25) is 5.91 Å². The van der Waals surface area contributed by atoms with E-state index < -0.39 is 0 Å². The zero-order valence-electron chi connectivity index (χ0n) is 24.7.